The molecule has 0 aliphatic carbocycles. The number of nitrogens with zero attached hydrogens (tertiary/aromatic N) is 3. The molecule has 1 aromatic carbocycles. The van der Waals surface area contributed by atoms with E-state index in [0.717, 1.165) is 34.6 Å². The van der Waals surface area contributed by atoms with Crippen LogP contribution in [-0.4, -0.2) is 21.6 Å². The Morgan fingerprint density at radius 2 is 1.92 bits per heavy atom. The van der Waals surface area contributed by atoms with Crippen molar-refractivity contribution in [1.29, 1.82) is 0 Å². The van der Waals surface area contributed by atoms with Gasteiger partial charge < -0.3 is 4.74 Å². The predicted octanol–water partition coefficient (Wildman–Crippen LogP) is 5.40. The van der Waals surface area contributed by atoms with E-state index in [1.54, 1.807) is 7.11 Å². The lowest BCUT2D eigenvalue weighted by Gasteiger charge is -2.11. The van der Waals surface area contributed by atoms with E-state index in [4.69, 9.17) is 16.3 Å². The number of benzene rings is 1. The molecular formula is C20H24ClN3O. The molecule has 0 radical (unpaired) electrons. The van der Waals surface area contributed by atoms with Crippen molar-refractivity contribution < 1.29 is 4.74 Å². The van der Waals surface area contributed by atoms with Crippen LogP contribution in [0, 0.1) is 5.92 Å². The molecule has 0 saturated carbocycles. The topological polar surface area (TPSA) is 39.9 Å². The molecule has 2 aromatic heterocycles. The van der Waals surface area contributed by atoms with E-state index in [0.29, 0.717) is 17.1 Å². The van der Waals surface area contributed by atoms with E-state index in [1.165, 1.54) is 5.56 Å². The first-order valence-electron chi connectivity index (χ1n) is 8.62. The van der Waals surface area contributed by atoms with Gasteiger partial charge in [0.05, 0.1) is 18.1 Å². The normalized spacial score (nSPS) is 11.7. The van der Waals surface area contributed by atoms with Crippen molar-refractivity contribution in [3.63, 3.8) is 0 Å². The van der Waals surface area contributed by atoms with Gasteiger partial charge in [-0.3, -0.25) is 4.57 Å². The second kappa shape index (κ2) is 7.04. The number of rotatable bonds is 5. The van der Waals surface area contributed by atoms with Crippen LogP contribution in [0.15, 0.2) is 30.5 Å². The van der Waals surface area contributed by atoms with Crippen molar-refractivity contribution in [3.8, 4) is 11.6 Å². The fourth-order valence-electron chi connectivity index (χ4n) is 2.99. The molecule has 0 atom stereocenters. The van der Waals surface area contributed by atoms with Gasteiger partial charge in [0, 0.05) is 12.3 Å². The third-order valence-electron chi connectivity index (χ3n) is 4.30. The molecule has 0 aliphatic rings. The molecule has 2 heterocycles. The van der Waals surface area contributed by atoms with Crippen LogP contribution >= 0.6 is 11.6 Å². The number of methoxy groups -OCH3 is 1. The first kappa shape index (κ1) is 17.7. The summed E-state index contributed by atoms with van der Waals surface area (Å²) in [6, 6.07) is 8.09. The third kappa shape index (κ3) is 3.49. The number of pyridine rings is 1. The summed E-state index contributed by atoms with van der Waals surface area (Å²) in [7, 11) is 1.68. The van der Waals surface area contributed by atoms with Crippen LogP contribution in [0.3, 0.4) is 0 Å². The Hall–Kier alpha value is -2.07. The lowest BCUT2D eigenvalue weighted by molar-refractivity contribution is 0.414. The van der Waals surface area contributed by atoms with Gasteiger partial charge in [-0.05, 0) is 53.1 Å². The minimum atomic E-state index is 0.415. The van der Waals surface area contributed by atoms with E-state index < -0.39 is 0 Å². The average molecular weight is 358 g/mol. The summed E-state index contributed by atoms with van der Waals surface area (Å²) in [6.07, 6.45) is 2.82. The van der Waals surface area contributed by atoms with Gasteiger partial charge >= 0.3 is 0 Å². The van der Waals surface area contributed by atoms with E-state index in [-0.39, 0.29) is 0 Å². The Morgan fingerprint density at radius 3 is 2.48 bits per heavy atom. The van der Waals surface area contributed by atoms with Gasteiger partial charge in [0.1, 0.15) is 11.6 Å². The van der Waals surface area contributed by atoms with Gasteiger partial charge in [0.2, 0.25) is 5.28 Å². The number of hydrogen-bond donors (Lipinski definition) is 0. The Kier molecular flexibility index (Phi) is 5.00. The maximum absolute atomic E-state index is 6.48. The van der Waals surface area contributed by atoms with E-state index in [1.807, 2.05) is 29.0 Å². The minimum absolute atomic E-state index is 0.415. The summed E-state index contributed by atoms with van der Waals surface area (Å²) in [6.45, 7) is 8.69. The van der Waals surface area contributed by atoms with E-state index >= 15 is 0 Å². The third-order valence-corrected chi connectivity index (χ3v) is 4.56. The summed E-state index contributed by atoms with van der Waals surface area (Å²) in [5.41, 5.74) is 4.17. The van der Waals surface area contributed by atoms with Gasteiger partial charge in [-0.15, -0.1) is 0 Å². The summed E-state index contributed by atoms with van der Waals surface area (Å²) in [5, 5.41) is 0.415. The Bertz CT molecular complexity index is 882. The molecule has 4 nitrogen and oxygen atoms in total. The molecule has 0 aliphatic heterocycles. The molecule has 132 valence electrons. The Morgan fingerprint density at radius 1 is 1.16 bits per heavy atom. The molecule has 0 amide bonds. The van der Waals surface area contributed by atoms with Crippen LogP contribution in [0.4, 0.5) is 0 Å². The number of imidazole rings is 1. The highest BCUT2D eigenvalue weighted by Gasteiger charge is 2.17. The molecule has 0 spiro atoms. The van der Waals surface area contributed by atoms with Gasteiger partial charge in [0.25, 0.3) is 0 Å². The zero-order chi connectivity index (χ0) is 18.1. The summed E-state index contributed by atoms with van der Waals surface area (Å²) in [4.78, 5) is 9.21. The number of aromatic nitrogens is 3. The Balaban J connectivity index is 2.19. The van der Waals surface area contributed by atoms with Crippen molar-refractivity contribution in [3.05, 3.63) is 46.9 Å². The second-order valence-corrected chi connectivity index (χ2v) is 7.41. The number of halogens is 1. The summed E-state index contributed by atoms with van der Waals surface area (Å²) < 4.78 is 7.37. The van der Waals surface area contributed by atoms with Crippen molar-refractivity contribution >= 4 is 22.6 Å². The minimum Gasteiger partial charge on any atom is -0.497 e. The molecule has 0 N–H and O–H groups in total. The quantitative estimate of drug-likeness (QED) is 0.613. The first-order valence-corrected chi connectivity index (χ1v) is 8.99. The van der Waals surface area contributed by atoms with Crippen LogP contribution < -0.4 is 4.74 Å². The molecule has 25 heavy (non-hydrogen) atoms. The summed E-state index contributed by atoms with van der Waals surface area (Å²) >= 11 is 6.48. The highest BCUT2D eigenvalue weighted by atomic mass is 35.5. The second-order valence-electron chi connectivity index (χ2n) is 7.07. The summed E-state index contributed by atoms with van der Waals surface area (Å²) in [5.74, 6) is 2.53. The molecule has 0 fully saturated rings. The lowest BCUT2D eigenvalue weighted by Crippen LogP contribution is -2.00. The zero-order valence-corrected chi connectivity index (χ0v) is 16.1. The number of ether oxygens (including phenoxy) is 1. The Labute approximate surface area is 153 Å². The van der Waals surface area contributed by atoms with Crippen molar-refractivity contribution in [2.45, 2.75) is 40.0 Å². The molecule has 0 saturated heterocycles. The maximum atomic E-state index is 6.48. The number of fused-ring (bicyclic) bond motifs is 1. The van der Waals surface area contributed by atoms with Crippen LogP contribution in [0.5, 0.6) is 5.75 Å². The SMILES string of the molecule is COc1cc(CC(C)C)c2nc(Cl)n(-c3ccc(C(C)C)cn3)c2c1. The maximum Gasteiger partial charge on any atom is 0.209 e. The van der Waals surface area contributed by atoms with Crippen LogP contribution in [0.1, 0.15) is 44.7 Å². The fourth-order valence-corrected chi connectivity index (χ4v) is 3.26. The molecular weight excluding hydrogens is 334 g/mol. The highest BCUT2D eigenvalue weighted by Crippen LogP contribution is 2.31. The average Bonchev–Trinajstić information content (AvgIpc) is 2.90. The molecule has 3 aromatic rings. The van der Waals surface area contributed by atoms with Crippen LogP contribution in [0.2, 0.25) is 5.28 Å². The highest BCUT2D eigenvalue weighted by molar-refractivity contribution is 6.29. The largest absolute Gasteiger partial charge is 0.497 e. The predicted molar refractivity (Wildman–Crippen MR) is 103 cm³/mol. The fraction of sp³-hybridized carbons (Fsp3) is 0.400. The van der Waals surface area contributed by atoms with E-state index in [9.17, 15) is 0 Å². The van der Waals surface area contributed by atoms with Crippen LogP contribution in [-0.2, 0) is 6.42 Å². The van der Waals surface area contributed by atoms with Crippen LogP contribution in [0.25, 0.3) is 16.9 Å². The smallest absolute Gasteiger partial charge is 0.209 e. The molecule has 0 unspecified atom stereocenters. The molecule has 3 rings (SSSR count). The molecule has 0 bridgehead atoms. The van der Waals surface area contributed by atoms with Gasteiger partial charge in [0.15, 0.2) is 0 Å². The van der Waals surface area contributed by atoms with Crippen molar-refractivity contribution in [2.75, 3.05) is 7.11 Å². The zero-order valence-electron chi connectivity index (χ0n) is 15.4. The molecule has 5 heteroatoms. The standard InChI is InChI=1S/C20H24ClN3O/c1-12(2)8-15-9-16(25-5)10-17-19(15)23-20(21)24(17)18-7-6-14(11-22-18)13(3)4/h6-7,9-13H,8H2,1-5H3. The monoisotopic (exact) mass is 357 g/mol. The van der Waals surface area contributed by atoms with Gasteiger partial charge in [-0.2, -0.15) is 0 Å². The lowest BCUT2D eigenvalue weighted by atomic mass is 10.0. The van der Waals surface area contributed by atoms with Gasteiger partial charge in [-0.1, -0.05) is 33.8 Å². The van der Waals surface area contributed by atoms with Crippen molar-refractivity contribution in [2.24, 2.45) is 5.92 Å². The first-order chi connectivity index (χ1) is 11.9. The van der Waals surface area contributed by atoms with Crippen molar-refractivity contribution in [1.82, 2.24) is 14.5 Å². The van der Waals surface area contributed by atoms with E-state index in [2.05, 4.69) is 43.7 Å². The van der Waals surface area contributed by atoms with Gasteiger partial charge in [-0.25, -0.2) is 9.97 Å². The number of hydrogen-bond acceptors (Lipinski definition) is 3.